The highest BCUT2D eigenvalue weighted by atomic mass is 16.5. The van der Waals surface area contributed by atoms with Gasteiger partial charge in [-0.15, -0.1) is 0 Å². The van der Waals surface area contributed by atoms with Gasteiger partial charge in [0.05, 0.1) is 26.2 Å². The van der Waals surface area contributed by atoms with Crippen LogP contribution < -0.4 is 4.74 Å². The minimum Gasteiger partial charge on any atom is -0.493 e. The number of rotatable bonds is 10. The van der Waals surface area contributed by atoms with Gasteiger partial charge in [-0.1, -0.05) is 25.1 Å². The smallest absolute Gasteiger partial charge is 0.307 e. The number of ether oxygens (including phenoxy) is 3. The molecule has 0 bridgehead atoms. The number of para-hydroxylation sites is 1. The Morgan fingerprint density at radius 2 is 2.15 bits per heavy atom. The fourth-order valence-corrected chi connectivity index (χ4v) is 2.88. The maximum Gasteiger partial charge on any atom is 0.307 e. The molecule has 1 atom stereocenters. The predicted molar refractivity (Wildman–Crippen MR) is 103 cm³/mol. The molecule has 0 saturated carbocycles. The van der Waals surface area contributed by atoms with Gasteiger partial charge in [0.15, 0.2) is 0 Å². The monoisotopic (exact) mass is 375 g/mol. The second kappa shape index (κ2) is 11.4. The van der Waals surface area contributed by atoms with E-state index in [9.17, 15) is 9.59 Å². The number of amides is 1. The minimum atomic E-state index is -0.331. The number of nitrogens with zero attached hydrogens (tertiary/aromatic N) is 1. The highest BCUT2D eigenvalue weighted by molar-refractivity contribution is 5.92. The lowest BCUT2D eigenvalue weighted by Crippen LogP contribution is -2.37. The Hall–Kier alpha value is -2.34. The summed E-state index contributed by atoms with van der Waals surface area (Å²) in [4.78, 5) is 25.8. The van der Waals surface area contributed by atoms with Crippen LogP contribution in [0.25, 0.3) is 6.08 Å². The van der Waals surface area contributed by atoms with Crippen LogP contribution >= 0.6 is 0 Å². The molecule has 1 aliphatic rings. The summed E-state index contributed by atoms with van der Waals surface area (Å²) in [6.45, 7) is 4.19. The van der Waals surface area contributed by atoms with E-state index in [1.807, 2.05) is 31.2 Å². The number of carbonyl (C=O) groups excluding carboxylic acids is 2. The summed E-state index contributed by atoms with van der Waals surface area (Å²) in [5, 5.41) is 0. The molecule has 2 rings (SSSR count). The van der Waals surface area contributed by atoms with E-state index in [1.54, 1.807) is 11.0 Å². The van der Waals surface area contributed by atoms with E-state index in [4.69, 9.17) is 14.2 Å². The lowest BCUT2D eigenvalue weighted by Gasteiger charge is -2.24. The SMILES string of the molecule is CCCOc1ccccc1/C=C/C(=O)N(CCC(=O)OC)CC1CCCO1. The molecule has 0 radical (unpaired) electrons. The molecule has 148 valence electrons. The van der Waals surface area contributed by atoms with E-state index >= 15 is 0 Å². The van der Waals surface area contributed by atoms with Crippen LogP contribution in [0, 0.1) is 0 Å². The Morgan fingerprint density at radius 1 is 1.33 bits per heavy atom. The minimum absolute atomic E-state index is 0.0279. The van der Waals surface area contributed by atoms with Crippen molar-refractivity contribution in [2.75, 3.05) is 33.4 Å². The van der Waals surface area contributed by atoms with E-state index in [0.29, 0.717) is 19.7 Å². The first-order valence-electron chi connectivity index (χ1n) is 9.51. The first kappa shape index (κ1) is 21.0. The number of esters is 1. The Morgan fingerprint density at radius 3 is 2.85 bits per heavy atom. The lowest BCUT2D eigenvalue weighted by atomic mass is 10.1. The van der Waals surface area contributed by atoms with Crippen molar-refractivity contribution in [1.29, 1.82) is 0 Å². The molecular weight excluding hydrogens is 346 g/mol. The molecule has 1 amide bonds. The Bertz CT molecular complexity index is 637. The van der Waals surface area contributed by atoms with Gasteiger partial charge in [0.2, 0.25) is 5.91 Å². The standard InChI is InChI=1S/C21H29NO5/c1-3-14-27-19-9-5-4-7-17(19)10-11-20(23)22(13-12-21(24)25-2)16-18-8-6-15-26-18/h4-5,7,9-11,18H,3,6,8,12-16H2,1-2H3/b11-10+. The molecule has 1 heterocycles. The fourth-order valence-electron chi connectivity index (χ4n) is 2.88. The summed E-state index contributed by atoms with van der Waals surface area (Å²) >= 11 is 0. The van der Waals surface area contributed by atoms with Crippen LogP contribution in [0.3, 0.4) is 0 Å². The average molecular weight is 375 g/mol. The predicted octanol–water partition coefficient (Wildman–Crippen LogP) is 3.06. The van der Waals surface area contributed by atoms with Gasteiger partial charge in [0.1, 0.15) is 5.75 Å². The summed E-state index contributed by atoms with van der Waals surface area (Å²) in [5.74, 6) is 0.269. The van der Waals surface area contributed by atoms with E-state index < -0.39 is 0 Å². The van der Waals surface area contributed by atoms with Gasteiger partial charge in [-0.2, -0.15) is 0 Å². The zero-order chi connectivity index (χ0) is 19.5. The Balaban J connectivity index is 2.04. The summed E-state index contributed by atoms with van der Waals surface area (Å²) < 4.78 is 16.1. The van der Waals surface area contributed by atoms with Crippen LogP contribution in [-0.4, -0.2) is 56.3 Å². The third-order valence-electron chi connectivity index (χ3n) is 4.36. The van der Waals surface area contributed by atoms with Crippen LogP contribution in [0.1, 0.15) is 38.2 Å². The topological polar surface area (TPSA) is 65.1 Å². The van der Waals surface area contributed by atoms with Crippen molar-refractivity contribution >= 4 is 18.0 Å². The van der Waals surface area contributed by atoms with Crippen LogP contribution in [-0.2, 0) is 19.1 Å². The molecule has 1 unspecified atom stereocenters. The molecule has 1 saturated heterocycles. The van der Waals surface area contributed by atoms with Crippen LogP contribution in [0.5, 0.6) is 5.75 Å². The van der Waals surface area contributed by atoms with E-state index in [2.05, 4.69) is 0 Å². The van der Waals surface area contributed by atoms with Gasteiger partial charge in [-0.3, -0.25) is 9.59 Å². The number of benzene rings is 1. The normalized spacial score (nSPS) is 16.4. The zero-order valence-corrected chi connectivity index (χ0v) is 16.2. The van der Waals surface area contributed by atoms with Crippen LogP contribution in [0.2, 0.25) is 0 Å². The average Bonchev–Trinajstić information content (AvgIpc) is 3.21. The second-order valence-corrected chi connectivity index (χ2v) is 6.47. The van der Waals surface area contributed by atoms with Crippen molar-refractivity contribution in [2.24, 2.45) is 0 Å². The first-order valence-corrected chi connectivity index (χ1v) is 9.51. The van der Waals surface area contributed by atoms with E-state index in [-0.39, 0.29) is 24.4 Å². The number of hydrogen-bond donors (Lipinski definition) is 0. The molecule has 1 aromatic carbocycles. The van der Waals surface area contributed by atoms with Crippen molar-refractivity contribution in [2.45, 2.75) is 38.7 Å². The van der Waals surface area contributed by atoms with Gasteiger partial charge >= 0.3 is 5.97 Å². The van der Waals surface area contributed by atoms with Gasteiger partial charge < -0.3 is 19.1 Å². The lowest BCUT2D eigenvalue weighted by molar-refractivity contribution is -0.141. The summed E-state index contributed by atoms with van der Waals surface area (Å²) in [6.07, 6.45) is 6.33. The van der Waals surface area contributed by atoms with Gasteiger partial charge in [-0.05, 0) is 31.4 Å². The van der Waals surface area contributed by atoms with Crippen molar-refractivity contribution in [3.8, 4) is 5.75 Å². The van der Waals surface area contributed by atoms with Crippen molar-refractivity contribution in [3.63, 3.8) is 0 Å². The molecule has 0 N–H and O–H groups in total. The van der Waals surface area contributed by atoms with Crippen molar-refractivity contribution < 1.29 is 23.8 Å². The van der Waals surface area contributed by atoms with Crippen LogP contribution in [0.15, 0.2) is 30.3 Å². The van der Waals surface area contributed by atoms with E-state index in [0.717, 1.165) is 37.2 Å². The summed E-state index contributed by atoms with van der Waals surface area (Å²) in [6, 6.07) is 7.61. The number of carbonyl (C=O) groups is 2. The Labute approximate surface area is 161 Å². The van der Waals surface area contributed by atoms with E-state index in [1.165, 1.54) is 13.2 Å². The molecule has 6 nitrogen and oxygen atoms in total. The third-order valence-corrected chi connectivity index (χ3v) is 4.36. The largest absolute Gasteiger partial charge is 0.493 e. The molecule has 1 fully saturated rings. The second-order valence-electron chi connectivity index (χ2n) is 6.47. The molecule has 27 heavy (non-hydrogen) atoms. The third kappa shape index (κ3) is 7.06. The first-order chi connectivity index (χ1) is 13.1. The quantitative estimate of drug-likeness (QED) is 0.464. The highest BCUT2D eigenvalue weighted by Crippen LogP contribution is 2.20. The molecule has 1 aliphatic heterocycles. The van der Waals surface area contributed by atoms with Gasteiger partial charge in [0.25, 0.3) is 0 Å². The van der Waals surface area contributed by atoms with Crippen molar-refractivity contribution in [3.05, 3.63) is 35.9 Å². The van der Waals surface area contributed by atoms with Gasteiger partial charge in [-0.25, -0.2) is 0 Å². The highest BCUT2D eigenvalue weighted by Gasteiger charge is 2.22. The van der Waals surface area contributed by atoms with Gasteiger partial charge in [0, 0.05) is 31.3 Å². The molecular formula is C21H29NO5. The fraction of sp³-hybridized carbons (Fsp3) is 0.524. The summed E-state index contributed by atoms with van der Waals surface area (Å²) in [5.41, 5.74) is 0.851. The zero-order valence-electron chi connectivity index (χ0n) is 16.2. The number of methoxy groups -OCH3 is 1. The molecule has 6 heteroatoms. The number of hydrogen-bond acceptors (Lipinski definition) is 5. The molecule has 0 spiro atoms. The summed E-state index contributed by atoms with van der Waals surface area (Å²) in [7, 11) is 1.35. The molecule has 0 aliphatic carbocycles. The Kier molecular flexibility index (Phi) is 8.84. The maximum atomic E-state index is 12.7. The maximum absolute atomic E-state index is 12.7. The molecule has 1 aromatic rings. The van der Waals surface area contributed by atoms with Crippen molar-refractivity contribution in [1.82, 2.24) is 4.90 Å². The molecule has 0 aromatic heterocycles. The van der Waals surface area contributed by atoms with Crippen LogP contribution in [0.4, 0.5) is 0 Å².